The molecule has 0 saturated heterocycles. The molecule has 0 aliphatic carbocycles. The molecule has 0 heterocycles. The summed E-state index contributed by atoms with van der Waals surface area (Å²) in [5.41, 5.74) is 1.98. The predicted molar refractivity (Wildman–Crippen MR) is 93.9 cm³/mol. The largest absolute Gasteiger partial charge is 0.496 e. The Labute approximate surface area is 149 Å². The number of nitrogens with one attached hydrogen (secondary N) is 1. The highest BCUT2D eigenvalue weighted by Crippen LogP contribution is 2.27. The molecule has 2 rings (SSSR count). The maximum atomic E-state index is 13.0. The molecule has 0 aliphatic rings. The van der Waals surface area contributed by atoms with Crippen LogP contribution in [0.4, 0.5) is 4.39 Å². The van der Waals surface area contributed by atoms with E-state index in [1.54, 1.807) is 7.11 Å². The molecule has 0 fully saturated rings. The second-order valence-corrected chi connectivity index (χ2v) is 6.25. The fraction of sp³-hybridized carbons (Fsp3) is 0.278. The number of amides is 1. The predicted octanol–water partition coefficient (Wildman–Crippen LogP) is 4.16. The van der Waals surface area contributed by atoms with Crippen LogP contribution in [0, 0.1) is 12.7 Å². The van der Waals surface area contributed by atoms with E-state index in [2.05, 4.69) is 21.2 Å². The van der Waals surface area contributed by atoms with Gasteiger partial charge in [0.1, 0.15) is 17.3 Å². The Balaban J connectivity index is 1.98. The number of methoxy groups -OCH3 is 1. The lowest BCUT2D eigenvalue weighted by atomic mass is 10.0. The van der Waals surface area contributed by atoms with Crippen molar-refractivity contribution in [3.8, 4) is 11.5 Å². The summed E-state index contributed by atoms with van der Waals surface area (Å²) in [5.74, 6) is 0.476. The summed E-state index contributed by atoms with van der Waals surface area (Å²) >= 11 is 3.20. The van der Waals surface area contributed by atoms with Crippen molar-refractivity contribution in [3.05, 3.63) is 57.8 Å². The van der Waals surface area contributed by atoms with E-state index in [1.807, 2.05) is 32.0 Å². The molecule has 0 bridgehead atoms. The van der Waals surface area contributed by atoms with Crippen molar-refractivity contribution in [2.75, 3.05) is 13.7 Å². The third-order valence-electron chi connectivity index (χ3n) is 3.48. The van der Waals surface area contributed by atoms with Gasteiger partial charge >= 0.3 is 0 Å². The SMILES string of the molecule is COc1ccc(C)cc1[C@@H](C)NC(=O)COc1ccc(F)cc1Br. The van der Waals surface area contributed by atoms with Crippen LogP contribution in [0.1, 0.15) is 24.1 Å². The van der Waals surface area contributed by atoms with Crippen molar-refractivity contribution in [3.63, 3.8) is 0 Å². The number of rotatable bonds is 6. The van der Waals surface area contributed by atoms with Crippen LogP contribution in [0.15, 0.2) is 40.9 Å². The minimum atomic E-state index is -0.376. The van der Waals surface area contributed by atoms with E-state index < -0.39 is 0 Å². The number of carbonyl (C=O) groups is 1. The number of hydrogen-bond donors (Lipinski definition) is 1. The first-order chi connectivity index (χ1) is 11.4. The Hall–Kier alpha value is -2.08. The van der Waals surface area contributed by atoms with Gasteiger partial charge in [0.15, 0.2) is 6.61 Å². The lowest BCUT2D eigenvalue weighted by Crippen LogP contribution is -2.31. The van der Waals surface area contributed by atoms with E-state index in [0.29, 0.717) is 10.2 Å². The fourth-order valence-electron chi connectivity index (χ4n) is 2.29. The van der Waals surface area contributed by atoms with Crippen LogP contribution < -0.4 is 14.8 Å². The highest BCUT2D eigenvalue weighted by Gasteiger charge is 2.15. The third-order valence-corrected chi connectivity index (χ3v) is 4.10. The molecule has 1 N–H and O–H groups in total. The number of halogens is 2. The summed E-state index contributed by atoms with van der Waals surface area (Å²) in [6.45, 7) is 3.69. The number of benzene rings is 2. The Morgan fingerprint density at radius 2 is 1.96 bits per heavy atom. The van der Waals surface area contributed by atoms with E-state index in [0.717, 1.165) is 16.9 Å². The van der Waals surface area contributed by atoms with E-state index in [-0.39, 0.29) is 24.4 Å². The van der Waals surface area contributed by atoms with Gasteiger partial charge < -0.3 is 14.8 Å². The molecule has 1 atom stereocenters. The van der Waals surface area contributed by atoms with Crippen molar-refractivity contribution in [1.82, 2.24) is 5.32 Å². The summed E-state index contributed by atoms with van der Waals surface area (Å²) < 4.78 is 24.2. The summed E-state index contributed by atoms with van der Waals surface area (Å²) in [7, 11) is 1.60. The monoisotopic (exact) mass is 395 g/mol. The zero-order valence-electron chi connectivity index (χ0n) is 13.7. The van der Waals surface area contributed by atoms with Crippen LogP contribution in [-0.2, 0) is 4.79 Å². The summed E-state index contributed by atoms with van der Waals surface area (Å²) in [4.78, 5) is 12.1. The molecule has 4 nitrogen and oxygen atoms in total. The van der Waals surface area contributed by atoms with E-state index in [9.17, 15) is 9.18 Å². The normalized spacial score (nSPS) is 11.7. The number of aryl methyl sites for hydroxylation is 1. The second-order valence-electron chi connectivity index (χ2n) is 5.40. The van der Waals surface area contributed by atoms with Crippen LogP contribution >= 0.6 is 15.9 Å². The minimum absolute atomic E-state index is 0.164. The highest BCUT2D eigenvalue weighted by molar-refractivity contribution is 9.10. The lowest BCUT2D eigenvalue weighted by Gasteiger charge is -2.18. The van der Waals surface area contributed by atoms with Gasteiger partial charge in [0.05, 0.1) is 17.6 Å². The standard InChI is InChI=1S/C18H19BrFNO3/c1-11-4-6-16(23-3)14(8-11)12(2)21-18(22)10-24-17-7-5-13(20)9-15(17)19/h4-9,12H,10H2,1-3H3,(H,21,22)/t12-/m1/s1. The van der Waals surface area contributed by atoms with Crippen LogP contribution in [0.3, 0.4) is 0 Å². The first-order valence-corrected chi connectivity index (χ1v) is 8.21. The minimum Gasteiger partial charge on any atom is -0.496 e. The third kappa shape index (κ3) is 4.71. The van der Waals surface area contributed by atoms with Crippen LogP contribution in [0.5, 0.6) is 11.5 Å². The first-order valence-electron chi connectivity index (χ1n) is 7.42. The molecule has 0 radical (unpaired) electrons. The van der Waals surface area contributed by atoms with Crippen LogP contribution in [0.25, 0.3) is 0 Å². The Bertz CT molecular complexity index is 736. The van der Waals surface area contributed by atoms with Gasteiger partial charge in [-0.3, -0.25) is 4.79 Å². The van der Waals surface area contributed by atoms with Crippen molar-refractivity contribution in [2.24, 2.45) is 0 Å². The van der Waals surface area contributed by atoms with Gasteiger partial charge in [-0.15, -0.1) is 0 Å². The Morgan fingerprint density at radius 1 is 1.25 bits per heavy atom. The Kier molecular flexibility index (Phi) is 6.20. The van der Waals surface area contributed by atoms with Gasteiger partial charge in [0.2, 0.25) is 0 Å². The molecule has 2 aromatic carbocycles. The van der Waals surface area contributed by atoms with Gasteiger partial charge in [0, 0.05) is 5.56 Å². The highest BCUT2D eigenvalue weighted by atomic mass is 79.9. The maximum Gasteiger partial charge on any atom is 0.258 e. The van der Waals surface area contributed by atoms with Crippen molar-refractivity contribution >= 4 is 21.8 Å². The average molecular weight is 396 g/mol. The molecule has 0 aromatic heterocycles. The zero-order chi connectivity index (χ0) is 17.7. The summed E-state index contributed by atoms with van der Waals surface area (Å²) in [5, 5.41) is 2.87. The molecule has 6 heteroatoms. The fourth-order valence-corrected chi connectivity index (χ4v) is 2.75. The molecule has 0 spiro atoms. The molecule has 0 saturated carbocycles. The van der Waals surface area contributed by atoms with Crippen LogP contribution in [-0.4, -0.2) is 19.6 Å². The van der Waals surface area contributed by atoms with Gasteiger partial charge in [-0.1, -0.05) is 17.7 Å². The van der Waals surface area contributed by atoms with Gasteiger partial charge in [0.25, 0.3) is 5.91 Å². The van der Waals surface area contributed by atoms with Crippen molar-refractivity contribution in [1.29, 1.82) is 0 Å². The zero-order valence-corrected chi connectivity index (χ0v) is 15.3. The average Bonchev–Trinajstić information content (AvgIpc) is 2.54. The van der Waals surface area contributed by atoms with Gasteiger partial charge in [-0.2, -0.15) is 0 Å². The van der Waals surface area contributed by atoms with Crippen molar-refractivity contribution < 1.29 is 18.7 Å². The molecule has 128 valence electrons. The maximum absolute atomic E-state index is 13.0. The quantitative estimate of drug-likeness (QED) is 0.798. The number of hydrogen-bond acceptors (Lipinski definition) is 3. The second kappa shape index (κ2) is 8.15. The van der Waals surface area contributed by atoms with Crippen LogP contribution in [0.2, 0.25) is 0 Å². The first kappa shape index (κ1) is 18.3. The topological polar surface area (TPSA) is 47.6 Å². The number of carbonyl (C=O) groups excluding carboxylic acids is 1. The van der Waals surface area contributed by atoms with E-state index in [1.165, 1.54) is 18.2 Å². The molecular weight excluding hydrogens is 377 g/mol. The molecule has 1 amide bonds. The summed E-state index contributed by atoms with van der Waals surface area (Å²) in [6, 6.07) is 9.60. The van der Waals surface area contributed by atoms with Gasteiger partial charge in [-0.05, 0) is 54.0 Å². The smallest absolute Gasteiger partial charge is 0.258 e. The summed E-state index contributed by atoms with van der Waals surface area (Å²) in [6.07, 6.45) is 0. The van der Waals surface area contributed by atoms with Gasteiger partial charge in [-0.25, -0.2) is 4.39 Å². The molecule has 2 aromatic rings. The Morgan fingerprint density at radius 3 is 2.62 bits per heavy atom. The number of ether oxygens (including phenoxy) is 2. The van der Waals surface area contributed by atoms with E-state index in [4.69, 9.17) is 9.47 Å². The molecule has 0 aliphatic heterocycles. The molecule has 24 heavy (non-hydrogen) atoms. The molecule has 0 unspecified atom stereocenters. The van der Waals surface area contributed by atoms with E-state index >= 15 is 0 Å². The van der Waals surface area contributed by atoms with Crippen molar-refractivity contribution in [2.45, 2.75) is 19.9 Å². The lowest BCUT2D eigenvalue weighted by molar-refractivity contribution is -0.123. The molecular formula is C18H19BrFNO3.